The summed E-state index contributed by atoms with van der Waals surface area (Å²) < 4.78 is 13.7. The van der Waals surface area contributed by atoms with Gasteiger partial charge in [0.2, 0.25) is 12.2 Å². The van der Waals surface area contributed by atoms with E-state index < -0.39 is 6.23 Å². The Hall–Kier alpha value is -2.68. The number of aryl methyl sites for hydroxylation is 1. The van der Waals surface area contributed by atoms with Crippen LogP contribution in [0, 0.1) is 18.4 Å². The van der Waals surface area contributed by atoms with Gasteiger partial charge in [0.1, 0.15) is 11.1 Å². The Morgan fingerprint density at radius 1 is 1.47 bits per heavy atom. The minimum absolute atomic E-state index is 0.0299. The molecule has 0 aromatic carbocycles. The highest BCUT2D eigenvalue weighted by atomic mass is 32.1. The van der Waals surface area contributed by atoms with Crippen LogP contribution in [0.15, 0.2) is 14.6 Å². The third kappa shape index (κ3) is 3.40. The number of aromatic nitrogens is 2. The first-order chi connectivity index (χ1) is 14.5. The molecule has 2 unspecified atom stereocenters. The van der Waals surface area contributed by atoms with Crippen molar-refractivity contribution in [3.05, 3.63) is 31.3 Å². The van der Waals surface area contributed by atoms with Crippen molar-refractivity contribution in [1.82, 2.24) is 19.4 Å². The summed E-state index contributed by atoms with van der Waals surface area (Å²) in [4.78, 5) is 33.9. The Morgan fingerprint density at radius 2 is 2.23 bits per heavy atom. The molecule has 4 heterocycles. The van der Waals surface area contributed by atoms with Gasteiger partial charge in [-0.3, -0.25) is 9.36 Å². The van der Waals surface area contributed by atoms with E-state index >= 15 is 0 Å². The fraction of sp³-hybridized carbons (Fsp3) is 0.579. The quantitative estimate of drug-likeness (QED) is 0.669. The Kier molecular flexibility index (Phi) is 5.64. The van der Waals surface area contributed by atoms with Gasteiger partial charge in [0.25, 0.3) is 5.56 Å². The van der Waals surface area contributed by atoms with Gasteiger partial charge in [-0.2, -0.15) is 5.26 Å². The molecule has 2 aromatic heterocycles. The lowest BCUT2D eigenvalue weighted by atomic mass is 10.2. The van der Waals surface area contributed by atoms with Gasteiger partial charge in [0, 0.05) is 31.7 Å². The van der Waals surface area contributed by atoms with Crippen molar-refractivity contribution < 1.29 is 9.47 Å². The summed E-state index contributed by atoms with van der Waals surface area (Å²) in [6.45, 7) is 6.59. The van der Waals surface area contributed by atoms with E-state index in [-0.39, 0.29) is 17.4 Å². The minimum atomic E-state index is -0.678. The molecule has 10 nitrogen and oxygen atoms in total. The van der Waals surface area contributed by atoms with Crippen molar-refractivity contribution in [2.75, 3.05) is 26.8 Å². The summed E-state index contributed by atoms with van der Waals surface area (Å²) in [5.41, 5.74) is 0.101. The molecular weight excluding hydrogens is 408 g/mol. The molecule has 0 aliphatic carbocycles. The maximum Gasteiger partial charge on any atom is 0.334 e. The van der Waals surface area contributed by atoms with E-state index in [0.717, 1.165) is 16.9 Å². The van der Waals surface area contributed by atoms with Crippen molar-refractivity contribution in [3.8, 4) is 6.19 Å². The van der Waals surface area contributed by atoms with Gasteiger partial charge in [-0.25, -0.2) is 9.36 Å². The molecule has 4 rings (SSSR count). The summed E-state index contributed by atoms with van der Waals surface area (Å²) in [6.07, 6.45) is 1.99. The molecule has 2 saturated heterocycles. The summed E-state index contributed by atoms with van der Waals surface area (Å²) in [6, 6.07) is 0. The standard InChI is InChI=1S/C19H24N6O4S/c1-11-14(9-23-6-5-21-18(23)22-10-20)30-17-15(11)16(26)25(12(2)28-3)19(27)24(17)8-13-4-7-29-13/h12-13H,4-9H2,1-3H3,(H,21,22). The van der Waals surface area contributed by atoms with Crippen LogP contribution in [0.1, 0.15) is 30.0 Å². The summed E-state index contributed by atoms with van der Waals surface area (Å²) >= 11 is 1.44. The monoisotopic (exact) mass is 432 g/mol. The Morgan fingerprint density at radius 3 is 2.87 bits per heavy atom. The second kappa shape index (κ2) is 8.22. The predicted octanol–water partition coefficient (Wildman–Crippen LogP) is 0.729. The molecular formula is C19H24N6O4S. The maximum atomic E-state index is 13.3. The summed E-state index contributed by atoms with van der Waals surface area (Å²) in [5.74, 6) is 0.528. The maximum absolute atomic E-state index is 13.3. The van der Waals surface area contributed by atoms with E-state index in [0.29, 0.717) is 49.0 Å². The van der Waals surface area contributed by atoms with Gasteiger partial charge in [-0.1, -0.05) is 0 Å². The van der Waals surface area contributed by atoms with Gasteiger partial charge in [0.15, 0.2) is 0 Å². The van der Waals surface area contributed by atoms with Crippen LogP contribution in [0.3, 0.4) is 0 Å². The predicted molar refractivity (Wildman–Crippen MR) is 113 cm³/mol. The highest BCUT2D eigenvalue weighted by Crippen LogP contribution is 2.30. The fourth-order valence-electron chi connectivity index (χ4n) is 3.79. The van der Waals surface area contributed by atoms with Crippen molar-refractivity contribution in [3.63, 3.8) is 0 Å². The molecule has 2 aliphatic rings. The number of methoxy groups -OCH3 is 1. The van der Waals surface area contributed by atoms with Crippen molar-refractivity contribution in [2.45, 2.75) is 45.7 Å². The zero-order valence-corrected chi connectivity index (χ0v) is 18.0. The third-order valence-corrected chi connectivity index (χ3v) is 6.98. The van der Waals surface area contributed by atoms with Crippen LogP contribution >= 0.6 is 11.3 Å². The first-order valence-corrected chi connectivity index (χ1v) is 10.6. The number of nitrogens with one attached hydrogen (secondary N) is 1. The molecule has 0 saturated carbocycles. The number of nitriles is 1. The average Bonchev–Trinajstić information content (AvgIpc) is 3.25. The molecule has 2 fully saturated rings. The van der Waals surface area contributed by atoms with Crippen LogP contribution in [-0.2, 0) is 22.6 Å². The Bertz CT molecular complexity index is 1150. The number of aliphatic imine (C=N–C) groups is 1. The molecule has 2 aromatic rings. The molecule has 0 bridgehead atoms. The van der Waals surface area contributed by atoms with E-state index in [9.17, 15) is 9.59 Å². The molecule has 0 spiro atoms. The molecule has 30 heavy (non-hydrogen) atoms. The SMILES string of the molecule is COC(C)n1c(=O)c2c(C)c(CN3CCN/C3=N\C#N)sc2n(CC2CCO2)c1=O. The normalized spacial score (nSPS) is 20.9. The van der Waals surface area contributed by atoms with Crippen LogP contribution in [-0.4, -0.2) is 52.9 Å². The van der Waals surface area contributed by atoms with Crippen molar-refractivity contribution in [1.29, 1.82) is 5.26 Å². The first kappa shape index (κ1) is 20.6. The number of thiophene rings is 1. The van der Waals surface area contributed by atoms with Crippen LogP contribution in [0.5, 0.6) is 0 Å². The number of hydrogen-bond donors (Lipinski definition) is 1. The van der Waals surface area contributed by atoms with Gasteiger partial charge in [0.05, 0.1) is 24.6 Å². The molecule has 0 amide bonds. The number of nitrogens with zero attached hydrogens (tertiary/aromatic N) is 5. The van der Waals surface area contributed by atoms with Gasteiger partial charge >= 0.3 is 5.69 Å². The lowest BCUT2D eigenvalue weighted by Gasteiger charge is -2.27. The topological polar surface area (TPSA) is 114 Å². The van der Waals surface area contributed by atoms with Gasteiger partial charge < -0.3 is 19.7 Å². The molecule has 2 aliphatic heterocycles. The second-order valence-corrected chi connectivity index (χ2v) is 8.48. The van der Waals surface area contributed by atoms with E-state index in [4.69, 9.17) is 14.7 Å². The minimum Gasteiger partial charge on any atom is -0.376 e. The number of rotatable bonds is 6. The highest BCUT2D eigenvalue weighted by Gasteiger charge is 2.27. The zero-order valence-electron chi connectivity index (χ0n) is 17.2. The van der Waals surface area contributed by atoms with E-state index in [2.05, 4.69) is 10.3 Å². The lowest BCUT2D eigenvalue weighted by molar-refractivity contribution is -0.0597. The van der Waals surface area contributed by atoms with Crippen LogP contribution in [0.4, 0.5) is 0 Å². The Labute approximate surface area is 176 Å². The van der Waals surface area contributed by atoms with E-state index in [1.165, 1.54) is 23.0 Å². The lowest BCUT2D eigenvalue weighted by Crippen LogP contribution is -2.44. The average molecular weight is 433 g/mol. The van der Waals surface area contributed by atoms with Crippen molar-refractivity contribution >= 4 is 27.5 Å². The molecule has 160 valence electrons. The second-order valence-electron chi connectivity index (χ2n) is 7.40. The smallest absolute Gasteiger partial charge is 0.334 e. The largest absolute Gasteiger partial charge is 0.376 e. The van der Waals surface area contributed by atoms with Gasteiger partial charge in [-0.15, -0.1) is 16.3 Å². The Balaban J connectivity index is 1.86. The number of guanidine groups is 1. The van der Waals surface area contributed by atoms with Gasteiger partial charge in [-0.05, 0) is 25.8 Å². The van der Waals surface area contributed by atoms with Crippen LogP contribution in [0.2, 0.25) is 0 Å². The van der Waals surface area contributed by atoms with Crippen LogP contribution < -0.4 is 16.6 Å². The third-order valence-electron chi connectivity index (χ3n) is 5.68. The summed E-state index contributed by atoms with van der Waals surface area (Å²) in [5, 5.41) is 12.5. The highest BCUT2D eigenvalue weighted by molar-refractivity contribution is 7.18. The molecule has 11 heteroatoms. The molecule has 1 N–H and O–H groups in total. The number of ether oxygens (including phenoxy) is 2. The zero-order chi connectivity index (χ0) is 21.4. The first-order valence-electron chi connectivity index (χ1n) is 9.83. The number of fused-ring (bicyclic) bond motifs is 1. The number of hydrogen-bond acceptors (Lipinski definition) is 7. The summed E-state index contributed by atoms with van der Waals surface area (Å²) in [7, 11) is 1.47. The molecule has 0 radical (unpaired) electrons. The van der Waals surface area contributed by atoms with Crippen molar-refractivity contribution in [2.24, 2.45) is 4.99 Å². The van der Waals surface area contributed by atoms with E-state index in [1.807, 2.05) is 18.0 Å². The van der Waals surface area contributed by atoms with E-state index in [1.54, 1.807) is 11.5 Å². The fourth-order valence-corrected chi connectivity index (χ4v) is 5.10. The van der Waals surface area contributed by atoms with Crippen LogP contribution in [0.25, 0.3) is 10.2 Å². The molecule has 2 atom stereocenters.